The van der Waals surface area contributed by atoms with Gasteiger partial charge in [-0.25, -0.2) is 8.42 Å². The van der Waals surface area contributed by atoms with Crippen molar-refractivity contribution >= 4 is 31.8 Å². The van der Waals surface area contributed by atoms with Crippen molar-refractivity contribution in [3.05, 3.63) is 36.4 Å². The van der Waals surface area contributed by atoms with Gasteiger partial charge in [-0.15, -0.1) is 0 Å². The summed E-state index contributed by atoms with van der Waals surface area (Å²) in [4.78, 5) is 1.55. The average Bonchev–Trinajstić information content (AvgIpc) is 3.49. The number of rotatable bonds is 11. The van der Waals surface area contributed by atoms with Crippen molar-refractivity contribution in [3.8, 4) is 5.75 Å². The van der Waals surface area contributed by atoms with Gasteiger partial charge in [-0.2, -0.15) is 74.6 Å². The topological polar surface area (TPSA) is 66.4 Å². The van der Waals surface area contributed by atoms with Crippen LogP contribution in [0.2, 0.25) is 0 Å². The summed E-state index contributed by atoms with van der Waals surface area (Å²) in [6.45, 7) is 2.95. The van der Waals surface area contributed by atoms with E-state index >= 15 is 0 Å². The van der Waals surface area contributed by atoms with Gasteiger partial charge in [0, 0.05) is 21.7 Å². The maximum atomic E-state index is 13.0. The van der Waals surface area contributed by atoms with Crippen molar-refractivity contribution in [2.45, 2.75) is 78.0 Å². The highest BCUT2D eigenvalue weighted by atomic mass is 32.2. The molecule has 0 aliphatic carbocycles. The van der Waals surface area contributed by atoms with Gasteiger partial charge in [0.25, 0.3) is 0 Å². The van der Waals surface area contributed by atoms with Gasteiger partial charge >= 0.3 is 47.0 Å². The highest BCUT2D eigenvalue weighted by Crippen LogP contribution is 2.64. The van der Waals surface area contributed by atoms with Crippen molar-refractivity contribution in [2.24, 2.45) is 0 Å². The molecule has 48 heavy (non-hydrogen) atoms. The summed E-state index contributed by atoms with van der Waals surface area (Å²) in [5.74, 6) is -48.3. The normalized spacial score (nSPS) is 16.6. The number of fused-ring (bicyclic) bond motifs is 1. The molecular formula is C25H21F17O4S2. The lowest BCUT2D eigenvalue weighted by molar-refractivity contribution is -0.458. The van der Waals surface area contributed by atoms with E-state index in [-0.39, 0.29) is 0 Å². The summed E-state index contributed by atoms with van der Waals surface area (Å²) in [7, 11) is -7.68. The Labute approximate surface area is 262 Å². The molecule has 0 aromatic heterocycles. The van der Waals surface area contributed by atoms with E-state index in [1.54, 1.807) is 4.90 Å². The molecular weight excluding hydrogens is 751 g/mol. The minimum Gasteiger partial charge on any atom is -0.743 e. The SMILES string of the molecule is CCCOc1ccc([S+]2CCCC2)c2ccccc12.O=S(=O)([O-])C(F)(F)C(F)(F)C(F)(F)C(F)(F)C(F)(F)C(F)(F)C(F)(F)C(F)(F)F. The Morgan fingerprint density at radius 2 is 1.06 bits per heavy atom. The molecule has 1 aliphatic heterocycles. The van der Waals surface area contributed by atoms with Crippen LogP contribution in [0.3, 0.4) is 0 Å². The molecule has 0 radical (unpaired) electrons. The largest absolute Gasteiger partial charge is 0.743 e. The van der Waals surface area contributed by atoms with Crippen molar-refractivity contribution in [3.63, 3.8) is 0 Å². The van der Waals surface area contributed by atoms with Gasteiger partial charge in [-0.05, 0) is 37.5 Å². The Balaban J connectivity index is 0.000000359. The van der Waals surface area contributed by atoms with E-state index in [0.717, 1.165) is 18.8 Å². The zero-order valence-corrected chi connectivity index (χ0v) is 25.2. The van der Waals surface area contributed by atoms with Crippen LogP contribution in [-0.2, 0) is 21.0 Å². The summed E-state index contributed by atoms with van der Waals surface area (Å²) in [5, 5.41) is -5.26. The molecule has 0 spiro atoms. The number of benzene rings is 2. The predicted octanol–water partition coefficient (Wildman–Crippen LogP) is 8.90. The quantitative estimate of drug-likeness (QED) is 0.130. The highest BCUT2D eigenvalue weighted by molar-refractivity contribution is 7.97. The molecule has 0 unspecified atom stereocenters. The molecule has 4 nitrogen and oxygen atoms in total. The first kappa shape index (κ1) is 41.7. The Morgan fingerprint density at radius 3 is 1.48 bits per heavy atom. The summed E-state index contributed by atoms with van der Waals surface area (Å²) >= 11 is 0. The maximum Gasteiger partial charge on any atom is 0.460 e. The van der Waals surface area contributed by atoms with Gasteiger partial charge in [-0.3, -0.25) is 0 Å². The molecule has 276 valence electrons. The number of hydrogen-bond acceptors (Lipinski definition) is 4. The van der Waals surface area contributed by atoms with Gasteiger partial charge in [0.2, 0.25) is 0 Å². The molecule has 0 bridgehead atoms. The van der Waals surface area contributed by atoms with Crippen LogP contribution in [0, 0.1) is 0 Å². The van der Waals surface area contributed by atoms with Crippen LogP contribution in [-0.4, -0.2) is 78.0 Å². The second-order valence-electron chi connectivity index (χ2n) is 9.98. The van der Waals surface area contributed by atoms with E-state index in [1.807, 2.05) is 0 Å². The Morgan fingerprint density at radius 1 is 0.646 bits per heavy atom. The summed E-state index contributed by atoms with van der Waals surface area (Å²) in [6.07, 6.45) is -4.05. The van der Waals surface area contributed by atoms with Crippen LogP contribution in [0.5, 0.6) is 5.75 Å². The highest BCUT2D eigenvalue weighted by Gasteiger charge is 2.95. The molecule has 0 amide bonds. The van der Waals surface area contributed by atoms with Crippen LogP contribution in [0.25, 0.3) is 10.8 Å². The number of alkyl halides is 17. The van der Waals surface area contributed by atoms with Crippen molar-refractivity contribution in [2.75, 3.05) is 18.1 Å². The first-order chi connectivity index (χ1) is 21.4. The van der Waals surface area contributed by atoms with E-state index in [0.29, 0.717) is 10.9 Å². The second-order valence-corrected chi connectivity index (χ2v) is 13.6. The van der Waals surface area contributed by atoms with E-state index in [4.69, 9.17) is 4.74 Å². The third-order valence-corrected chi connectivity index (χ3v) is 10.1. The Kier molecular flexibility index (Phi) is 11.6. The summed E-state index contributed by atoms with van der Waals surface area (Å²) in [5.41, 5.74) is 0. The van der Waals surface area contributed by atoms with E-state index in [9.17, 15) is 87.6 Å². The maximum absolute atomic E-state index is 13.0. The molecule has 0 atom stereocenters. The van der Waals surface area contributed by atoms with Gasteiger partial charge < -0.3 is 9.29 Å². The van der Waals surface area contributed by atoms with Crippen LogP contribution in [0.4, 0.5) is 74.6 Å². The van der Waals surface area contributed by atoms with Crippen molar-refractivity contribution in [1.29, 1.82) is 0 Å². The summed E-state index contributed by atoms with van der Waals surface area (Å²) in [6, 6.07) is 13.2. The van der Waals surface area contributed by atoms with Crippen LogP contribution in [0.15, 0.2) is 41.3 Å². The Bertz CT molecular complexity index is 1540. The van der Waals surface area contributed by atoms with Gasteiger partial charge in [-0.1, -0.05) is 25.1 Å². The van der Waals surface area contributed by atoms with Crippen LogP contribution in [0.1, 0.15) is 26.2 Å². The lowest BCUT2D eigenvalue weighted by atomic mass is 9.91. The van der Waals surface area contributed by atoms with Gasteiger partial charge in [0.15, 0.2) is 15.0 Å². The number of hydrogen-bond donors (Lipinski definition) is 0. The lowest BCUT2D eigenvalue weighted by Crippen LogP contribution is -2.75. The number of halogens is 17. The molecule has 1 heterocycles. The zero-order valence-electron chi connectivity index (χ0n) is 23.6. The molecule has 2 aromatic rings. The first-order valence-corrected chi connectivity index (χ1v) is 15.9. The third kappa shape index (κ3) is 6.70. The fourth-order valence-electron chi connectivity index (χ4n) is 4.01. The first-order valence-electron chi connectivity index (χ1n) is 12.9. The van der Waals surface area contributed by atoms with Crippen molar-refractivity contribution < 1.29 is 92.3 Å². The average molecular weight is 773 g/mol. The van der Waals surface area contributed by atoms with Crippen molar-refractivity contribution in [1.82, 2.24) is 0 Å². The third-order valence-electron chi connectivity index (χ3n) is 6.66. The Hall–Kier alpha value is -2.43. The fourth-order valence-corrected chi connectivity index (χ4v) is 6.96. The molecule has 3 rings (SSSR count). The van der Waals surface area contributed by atoms with E-state index in [2.05, 4.69) is 43.3 Å². The molecule has 1 saturated heterocycles. The van der Waals surface area contributed by atoms with Crippen LogP contribution >= 0.6 is 0 Å². The minimum absolute atomic E-state index is 0.465. The standard InChI is InChI=1S/C17H21OS.C8HF17O3S/c1-2-11-18-16-9-10-17(19-12-5-6-13-19)15-8-4-3-7-14(15)16;9-1(10,3(13,14)5(17,18)7(21,22)23)2(11,12)4(15,16)6(19,20)8(24,25)29(26,27)28/h3-4,7-10H,2,5-6,11-13H2,1H3;(H,26,27,28)/q+1;/p-1. The predicted molar refractivity (Wildman–Crippen MR) is 135 cm³/mol. The monoisotopic (exact) mass is 772 g/mol. The van der Waals surface area contributed by atoms with E-state index < -0.39 is 57.1 Å². The van der Waals surface area contributed by atoms with Crippen LogP contribution < -0.4 is 4.74 Å². The summed E-state index contributed by atoms with van der Waals surface area (Å²) < 4.78 is 250. The zero-order chi connectivity index (χ0) is 37.6. The fraction of sp³-hybridized carbons (Fsp3) is 0.600. The number of ether oxygens (including phenoxy) is 1. The smallest absolute Gasteiger partial charge is 0.460 e. The second kappa shape index (κ2) is 13.4. The molecule has 23 heteroatoms. The van der Waals surface area contributed by atoms with Gasteiger partial charge in [0.1, 0.15) is 17.3 Å². The lowest BCUT2D eigenvalue weighted by Gasteiger charge is -2.42. The van der Waals surface area contributed by atoms with E-state index in [1.165, 1.54) is 35.1 Å². The minimum atomic E-state index is -8.92. The van der Waals surface area contributed by atoms with Gasteiger partial charge in [0.05, 0.1) is 6.61 Å². The molecule has 0 saturated carbocycles. The molecule has 1 aliphatic rings. The molecule has 0 N–H and O–H groups in total. The molecule has 2 aromatic carbocycles. The molecule has 1 fully saturated rings.